The van der Waals surface area contributed by atoms with Gasteiger partial charge >= 0.3 is 0 Å². The fourth-order valence-corrected chi connectivity index (χ4v) is 1.73. The van der Waals surface area contributed by atoms with Crippen molar-refractivity contribution in [2.75, 3.05) is 33.4 Å². The van der Waals surface area contributed by atoms with Crippen LogP contribution in [0.25, 0.3) is 0 Å². The number of ether oxygens (including phenoxy) is 1. The van der Waals surface area contributed by atoms with Crippen LogP contribution < -0.4 is 5.32 Å². The fourth-order valence-electron chi connectivity index (χ4n) is 1.73. The molecule has 2 N–H and O–H groups in total. The summed E-state index contributed by atoms with van der Waals surface area (Å²) in [7, 11) is 1.61. The molecule has 1 heterocycles. The Labute approximate surface area is 119 Å². The summed E-state index contributed by atoms with van der Waals surface area (Å²) >= 11 is 0. The lowest BCUT2D eigenvalue weighted by Gasteiger charge is -2.36. The second-order valence-electron chi connectivity index (χ2n) is 5.24. The van der Waals surface area contributed by atoms with E-state index in [1.165, 1.54) is 0 Å². The summed E-state index contributed by atoms with van der Waals surface area (Å²) in [5.74, 6) is 0.599. The topological polar surface area (TPSA) is 74.9 Å². The number of aliphatic hydroxyl groups is 1. The molecule has 0 atom stereocenters. The number of carbonyl (C=O) groups excluding carboxylic acids is 1. The summed E-state index contributed by atoms with van der Waals surface area (Å²) in [6.45, 7) is 5.42. The van der Waals surface area contributed by atoms with Crippen molar-refractivity contribution in [1.82, 2.24) is 10.2 Å². The SMILES string of the molecule is COCCN(CC(=O)NCc1ccco1)C(C)(C)CO. The van der Waals surface area contributed by atoms with Gasteiger partial charge in [-0.1, -0.05) is 0 Å². The summed E-state index contributed by atoms with van der Waals surface area (Å²) in [5.41, 5.74) is -0.472. The van der Waals surface area contributed by atoms with Crippen molar-refractivity contribution >= 4 is 5.91 Å². The molecule has 1 rings (SSSR count). The molecule has 1 aromatic heterocycles. The van der Waals surface area contributed by atoms with Crippen LogP contribution in [0.15, 0.2) is 22.8 Å². The number of methoxy groups -OCH3 is 1. The largest absolute Gasteiger partial charge is 0.467 e. The first-order valence-electron chi connectivity index (χ1n) is 6.63. The van der Waals surface area contributed by atoms with Gasteiger partial charge in [0.1, 0.15) is 5.76 Å². The Kier molecular flexibility index (Phi) is 6.70. The van der Waals surface area contributed by atoms with Gasteiger partial charge in [-0.05, 0) is 26.0 Å². The molecule has 1 aromatic rings. The van der Waals surface area contributed by atoms with Crippen LogP contribution in [0.3, 0.4) is 0 Å². The first kappa shape index (κ1) is 16.7. The highest BCUT2D eigenvalue weighted by Crippen LogP contribution is 2.12. The predicted molar refractivity (Wildman–Crippen MR) is 75.2 cm³/mol. The van der Waals surface area contributed by atoms with Crippen LogP contribution in [-0.2, 0) is 16.1 Å². The Balaban J connectivity index is 2.48. The monoisotopic (exact) mass is 284 g/mol. The van der Waals surface area contributed by atoms with E-state index in [-0.39, 0.29) is 19.1 Å². The molecule has 0 bridgehead atoms. The fraction of sp³-hybridized carbons (Fsp3) is 0.643. The van der Waals surface area contributed by atoms with Gasteiger partial charge in [-0.3, -0.25) is 9.69 Å². The molecule has 6 heteroatoms. The number of furan rings is 1. The van der Waals surface area contributed by atoms with Gasteiger partial charge in [0.25, 0.3) is 0 Å². The molecule has 0 aliphatic carbocycles. The molecule has 6 nitrogen and oxygen atoms in total. The van der Waals surface area contributed by atoms with E-state index >= 15 is 0 Å². The van der Waals surface area contributed by atoms with Crippen molar-refractivity contribution in [1.29, 1.82) is 0 Å². The van der Waals surface area contributed by atoms with Crippen LogP contribution >= 0.6 is 0 Å². The van der Waals surface area contributed by atoms with E-state index in [1.807, 2.05) is 18.7 Å². The highest BCUT2D eigenvalue weighted by molar-refractivity contribution is 5.78. The van der Waals surface area contributed by atoms with Crippen LogP contribution in [0.5, 0.6) is 0 Å². The highest BCUT2D eigenvalue weighted by Gasteiger charge is 2.27. The van der Waals surface area contributed by atoms with Crippen molar-refractivity contribution in [3.63, 3.8) is 0 Å². The molecule has 20 heavy (non-hydrogen) atoms. The van der Waals surface area contributed by atoms with Crippen LogP contribution in [0.2, 0.25) is 0 Å². The summed E-state index contributed by atoms with van der Waals surface area (Å²) < 4.78 is 10.2. The van der Waals surface area contributed by atoms with Crippen LogP contribution in [0.4, 0.5) is 0 Å². The molecule has 0 aromatic carbocycles. The lowest BCUT2D eigenvalue weighted by Crippen LogP contribution is -2.52. The molecule has 0 unspecified atom stereocenters. The standard InChI is InChI=1S/C14H24N2O4/c1-14(2,11-17)16(6-8-19-3)10-13(18)15-9-12-5-4-7-20-12/h4-5,7,17H,6,8-11H2,1-3H3,(H,15,18). The summed E-state index contributed by atoms with van der Waals surface area (Å²) in [5, 5.41) is 12.2. The lowest BCUT2D eigenvalue weighted by atomic mass is 10.0. The van der Waals surface area contributed by atoms with Crippen molar-refractivity contribution in [3.05, 3.63) is 24.2 Å². The first-order chi connectivity index (χ1) is 9.49. The van der Waals surface area contributed by atoms with Gasteiger partial charge in [-0.2, -0.15) is 0 Å². The van der Waals surface area contributed by atoms with Gasteiger partial charge in [-0.15, -0.1) is 0 Å². The number of rotatable bonds is 9. The van der Waals surface area contributed by atoms with Crippen molar-refractivity contribution < 1.29 is 19.1 Å². The van der Waals surface area contributed by atoms with Crippen LogP contribution in [0.1, 0.15) is 19.6 Å². The molecule has 0 aliphatic heterocycles. The molecule has 0 spiro atoms. The second kappa shape index (κ2) is 8.04. The van der Waals surface area contributed by atoms with Gasteiger partial charge in [0.2, 0.25) is 5.91 Å². The molecular weight excluding hydrogens is 260 g/mol. The van der Waals surface area contributed by atoms with Crippen LogP contribution in [0, 0.1) is 0 Å². The number of nitrogens with one attached hydrogen (secondary N) is 1. The zero-order chi connectivity index (χ0) is 15.0. The molecule has 0 saturated heterocycles. The lowest BCUT2D eigenvalue weighted by molar-refractivity contribution is -0.124. The third-order valence-corrected chi connectivity index (χ3v) is 3.18. The highest BCUT2D eigenvalue weighted by atomic mass is 16.5. The Morgan fingerprint density at radius 2 is 2.30 bits per heavy atom. The van der Waals surface area contributed by atoms with Gasteiger partial charge in [0, 0.05) is 19.2 Å². The maximum atomic E-state index is 12.0. The summed E-state index contributed by atoms with van der Waals surface area (Å²) in [6, 6.07) is 3.59. The minimum Gasteiger partial charge on any atom is -0.467 e. The Hall–Kier alpha value is -1.37. The number of hydrogen-bond acceptors (Lipinski definition) is 5. The molecular formula is C14H24N2O4. The Morgan fingerprint density at radius 3 is 2.85 bits per heavy atom. The normalized spacial score (nSPS) is 11.8. The minimum atomic E-state index is -0.472. The Morgan fingerprint density at radius 1 is 1.55 bits per heavy atom. The van der Waals surface area contributed by atoms with Gasteiger partial charge in [0.15, 0.2) is 0 Å². The van der Waals surface area contributed by atoms with Crippen molar-refractivity contribution in [3.8, 4) is 0 Å². The number of aliphatic hydroxyl groups excluding tert-OH is 1. The third kappa shape index (κ3) is 5.32. The molecule has 0 aliphatic rings. The van der Waals surface area contributed by atoms with E-state index in [2.05, 4.69) is 5.32 Å². The maximum Gasteiger partial charge on any atom is 0.234 e. The number of carbonyl (C=O) groups is 1. The van der Waals surface area contributed by atoms with E-state index in [0.29, 0.717) is 25.5 Å². The quantitative estimate of drug-likeness (QED) is 0.695. The average Bonchev–Trinajstić information content (AvgIpc) is 2.94. The third-order valence-electron chi connectivity index (χ3n) is 3.18. The van der Waals surface area contributed by atoms with E-state index < -0.39 is 5.54 Å². The zero-order valence-electron chi connectivity index (χ0n) is 12.4. The zero-order valence-corrected chi connectivity index (χ0v) is 12.4. The number of nitrogens with zero attached hydrogens (tertiary/aromatic N) is 1. The van der Waals surface area contributed by atoms with E-state index in [0.717, 1.165) is 0 Å². The number of hydrogen-bond donors (Lipinski definition) is 2. The predicted octanol–water partition coefficient (Wildman–Crippen LogP) is 0.615. The van der Waals surface area contributed by atoms with E-state index in [9.17, 15) is 9.90 Å². The van der Waals surface area contributed by atoms with E-state index in [1.54, 1.807) is 25.5 Å². The smallest absolute Gasteiger partial charge is 0.234 e. The van der Waals surface area contributed by atoms with Gasteiger partial charge in [0.05, 0.1) is 32.6 Å². The molecule has 0 radical (unpaired) electrons. The van der Waals surface area contributed by atoms with E-state index in [4.69, 9.17) is 9.15 Å². The van der Waals surface area contributed by atoms with Crippen LogP contribution in [-0.4, -0.2) is 54.9 Å². The first-order valence-corrected chi connectivity index (χ1v) is 6.63. The average molecular weight is 284 g/mol. The molecule has 114 valence electrons. The molecule has 0 fully saturated rings. The number of amides is 1. The maximum absolute atomic E-state index is 12.0. The van der Waals surface area contributed by atoms with Crippen molar-refractivity contribution in [2.45, 2.75) is 25.9 Å². The molecule has 1 amide bonds. The second-order valence-corrected chi connectivity index (χ2v) is 5.24. The van der Waals surface area contributed by atoms with Crippen molar-refractivity contribution in [2.24, 2.45) is 0 Å². The minimum absolute atomic E-state index is 0.0256. The van der Waals surface area contributed by atoms with Gasteiger partial charge in [-0.25, -0.2) is 0 Å². The molecule has 0 saturated carbocycles. The summed E-state index contributed by atoms with van der Waals surface area (Å²) in [4.78, 5) is 13.9. The van der Waals surface area contributed by atoms with Gasteiger partial charge < -0.3 is 19.6 Å². The summed E-state index contributed by atoms with van der Waals surface area (Å²) in [6.07, 6.45) is 1.57. The Bertz CT molecular complexity index is 390.